The molecule has 1 unspecified atom stereocenters. The summed E-state index contributed by atoms with van der Waals surface area (Å²) < 4.78 is 0.943. The summed E-state index contributed by atoms with van der Waals surface area (Å²) in [5.74, 6) is -1.38. The maximum Gasteiger partial charge on any atom is 0.337 e. The standard InChI is InChI=1S/C10H13BrN2O4S/c1-10(17,8(14)15)5-13-9(16)12-3-7-2-6(11)4-18-7/h2,4,17H,3,5H2,1H3,(H,14,15)(H2,12,13,16). The first kappa shape index (κ1) is 14.9. The molecular weight excluding hydrogens is 324 g/mol. The molecule has 18 heavy (non-hydrogen) atoms. The molecule has 0 aliphatic carbocycles. The lowest BCUT2D eigenvalue weighted by Gasteiger charge is -2.18. The van der Waals surface area contributed by atoms with E-state index in [0.717, 1.165) is 16.3 Å². The fourth-order valence-electron chi connectivity index (χ4n) is 1.00. The number of carbonyl (C=O) groups excluding carboxylic acids is 1. The Morgan fingerprint density at radius 3 is 2.67 bits per heavy atom. The predicted octanol–water partition coefficient (Wildman–Crippen LogP) is 1.15. The van der Waals surface area contributed by atoms with E-state index in [1.165, 1.54) is 11.3 Å². The molecule has 0 aliphatic heterocycles. The van der Waals surface area contributed by atoms with Gasteiger partial charge in [-0.15, -0.1) is 11.3 Å². The summed E-state index contributed by atoms with van der Waals surface area (Å²) in [5, 5.41) is 24.8. The molecule has 1 aromatic rings. The monoisotopic (exact) mass is 336 g/mol. The van der Waals surface area contributed by atoms with Gasteiger partial charge in [0.15, 0.2) is 5.60 Å². The minimum atomic E-state index is -1.97. The van der Waals surface area contributed by atoms with E-state index < -0.39 is 17.6 Å². The zero-order valence-corrected chi connectivity index (χ0v) is 12.0. The molecule has 0 aromatic carbocycles. The van der Waals surface area contributed by atoms with Crippen molar-refractivity contribution in [3.8, 4) is 0 Å². The van der Waals surface area contributed by atoms with Crippen LogP contribution in [0.2, 0.25) is 0 Å². The average Bonchev–Trinajstić information content (AvgIpc) is 2.69. The summed E-state index contributed by atoms with van der Waals surface area (Å²) in [5.41, 5.74) is -1.97. The number of rotatable bonds is 5. The molecule has 0 saturated heterocycles. The Morgan fingerprint density at radius 2 is 2.17 bits per heavy atom. The Balaban J connectivity index is 2.32. The molecule has 0 aliphatic rings. The molecule has 0 radical (unpaired) electrons. The number of carbonyl (C=O) groups is 2. The summed E-state index contributed by atoms with van der Waals surface area (Å²) in [6.07, 6.45) is 0. The van der Waals surface area contributed by atoms with Crippen molar-refractivity contribution in [2.75, 3.05) is 6.54 Å². The van der Waals surface area contributed by atoms with Crippen molar-refractivity contribution >= 4 is 39.3 Å². The Hall–Kier alpha value is -1.12. The molecular formula is C10H13BrN2O4S. The lowest BCUT2D eigenvalue weighted by Crippen LogP contribution is -2.48. The molecule has 0 spiro atoms. The number of halogens is 1. The summed E-state index contributed by atoms with van der Waals surface area (Å²) in [7, 11) is 0. The summed E-state index contributed by atoms with van der Waals surface area (Å²) in [4.78, 5) is 22.9. The van der Waals surface area contributed by atoms with E-state index in [4.69, 9.17) is 5.11 Å². The van der Waals surface area contributed by atoms with E-state index in [1.54, 1.807) is 0 Å². The van der Waals surface area contributed by atoms with Crippen molar-refractivity contribution in [1.82, 2.24) is 10.6 Å². The number of carboxylic acids is 1. The van der Waals surface area contributed by atoms with E-state index in [0.29, 0.717) is 6.54 Å². The van der Waals surface area contributed by atoms with Gasteiger partial charge in [0.05, 0.1) is 13.1 Å². The number of aliphatic carboxylic acids is 1. The molecule has 1 atom stereocenters. The van der Waals surface area contributed by atoms with Crippen molar-refractivity contribution in [2.24, 2.45) is 0 Å². The van der Waals surface area contributed by atoms with Gasteiger partial charge in [0.25, 0.3) is 0 Å². The zero-order chi connectivity index (χ0) is 13.8. The average molecular weight is 337 g/mol. The maximum absolute atomic E-state index is 11.4. The van der Waals surface area contributed by atoms with Crippen molar-refractivity contribution in [1.29, 1.82) is 0 Å². The number of carboxylic acid groups (broad SMARTS) is 1. The van der Waals surface area contributed by atoms with Crippen LogP contribution in [0.25, 0.3) is 0 Å². The lowest BCUT2D eigenvalue weighted by molar-refractivity contribution is -0.155. The minimum Gasteiger partial charge on any atom is -0.479 e. The van der Waals surface area contributed by atoms with Gasteiger partial charge in [-0.25, -0.2) is 9.59 Å². The SMILES string of the molecule is CC(O)(CNC(=O)NCc1cc(Br)cs1)C(=O)O. The molecule has 6 nitrogen and oxygen atoms in total. The van der Waals surface area contributed by atoms with Crippen LogP contribution in [0.15, 0.2) is 15.9 Å². The highest BCUT2D eigenvalue weighted by molar-refractivity contribution is 9.10. The number of hydrogen-bond donors (Lipinski definition) is 4. The van der Waals surface area contributed by atoms with Crippen LogP contribution in [0.1, 0.15) is 11.8 Å². The second-order valence-electron chi connectivity index (χ2n) is 3.85. The van der Waals surface area contributed by atoms with Crippen LogP contribution < -0.4 is 10.6 Å². The van der Waals surface area contributed by atoms with E-state index in [-0.39, 0.29) is 6.54 Å². The molecule has 0 fully saturated rings. The van der Waals surface area contributed by atoms with Crippen LogP contribution in [-0.2, 0) is 11.3 Å². The highest BCUT2D eigenvalue weighted by atomic mass is 79.9. The Kier molecular flexibility index (Phi) is 5.12. The quantitative estimate of drug-likeness (QED) is 0.648. The summed E-state index contributed by atoms with van der Waals surface area (Å²) >= 11 is 4.78. The Morgan fingerprint density at radius 1 is 1.50 bits per heavy atom. The predicted molar refractivity (Wildman–Crippen MR) is 70.5 cm³/mol. The van der Waals surface area contributed by atoms with Gasteiger partial charge >= 0.3 is 12.0 Å². The van der Waals surface area contributed by atoms with Gasteiger partial charge in [0.1, 0.15) is 0 Å². The molecule has 4 N–H and O–H groups in total. The van der Waals surface area contributed by atoms with E-state index >= 15 is 0 Å². The smallest absolute Gasteiger partial charge is 0.337 e. The van der Waals surface area contributed by atoms with E-state index in [1.807, 2.05) is 11.4 Å². The molecule has 1 rings (SSSR count). The van der Waals surface area contributed by atoms with Crippen LogP contribution in [0.4, 0.5) is 4.79 Å². The van der Waals surface area contributed by atoms with Gasteiger partial charge in [0, 0.05) is 14.7 Å². The van der Waals surface area contributed by atoms with Gasteiger partial charge < -0.3 is 20.8 Å². The number of amides is 2. The van der Waals surface area contributed by atoms with Crippen molar-refractivity contribution in [3.63, 3.8) is 0 Å². The lowest BCUT2D eigenvalue weighted by atomic mass is 10.1. The first-order valence-corrected chi connectivity index (χ1v) is 6.69. The van der Waals surface area contributed by atoms with E-state index in [2.05, 4.69) is 26.6 Å². The molecule has 100 valence electrons. The normalized spacial score (nSPS) is 13.7. The van der Waals surface area contributed by atoms with Gasteiger partial charge in [-0.05, 0) is 28.9 Å². The van der Waals surface area contributed by atoms with Crippen LogP contribution >= 0.6 is 27.3 Å². The zero-order valence-electron chi connectivity index (χ0n) is 9.57. The number of urea groups is 1. The van der Waals surface area contributed by atoms with Crippen LogP contribution in [0.5, 0.6) is 0 Å². The summed E-state index contributed by atoms with van der Waals surface area (Å²) in [6, 6.07) is 1.35. The second-order valence-corrected chi connectivity index (χ2v) is 5.76. The Labute approximate surface area is 116 Å². The van der Waals surface area contributed by atoms with Crippen LogP contribution in [0, 0.1) is 0 Å². The maximum atomic E-state index is 11.4. The van der Waals surface area contributed by atoms with E-state index in [9.17, 15) is 14.7 Å². The molecule has 2 amide bonds. The number of thiophene rings is 1. The molecule has 1 aromatic heterocycles. The first-order valence-electron chi connectivity index (χ1n) is 5.01. The molecule has 8 heteroatoms. The van der Waals surface area contributed by atoms with Gasteiger partial charge in [-0.3, -0.25) is 0 Å². The van der Waals surface area contributed by atoms with Crippen molar-refractivity contribution in [2.45, 2.75) is 19.1 Å². The third-order valence-corrected chi connectivity index (χ3v) is 3.80. The Bertz CT molecular complexity index is 447. The van der Waals surface area contributed by atoms with Crippen LogP contribution in [0.3, 0.4) is 0 Å². The number of aliphatic hydroxyl groups is 1. The number of nitrogens with one attached hydrogen (secondary N) is 2. The molecule has 0 saturated carbocycles. The highest BCUT2D eigenvalue weighted by Crippen LogP contribution is 2.19. The largest absolute Gasteiger partial charge is 0.479 e. The van der Waals surface area contributed by atoms with Gasteiger partial charge in [-0.1, -0.05) is 0 Å². The minimum absolute atomic E-state index is 0.345. The fraction of sp³-hybridized carbons (Fsp3) is 0.400. The molecule has 0 bridgehead atoms. The second kappa shape index (κ2) is 6.17. The van der Waals surface area contributed by atoms with Gasteiger partial charge in [0.2, 0.25) is 0 Å². The fourth-order valence-corrected chi connectivity index (χ4v) is 2.40. The highest BCUT2D eigenvalue weighted by Gasteiger charge is 2.30. The van der Waals surface area contributed by atoms with Crippen molar-refractivity contribution in [3.05, 3.63) is 20.8 Å². The summed E-state index contributed by atoms with van der Waals surface area (Å²) in [6.45, 7) is 1.10. The third-order valence-electron chi connectivity index (χ3n) is 2.10. The topological polar surface area (TPSA) is 98.7 Å². The third kappa shape index (κ3) is 4.63. The van der Waals surface area contributed by atoms with Crippen LogP contribution in [-0.4, -0.2) is 34.4 Å². The van der Waals surface area contributed by atoms with Crippen molar-refractivity contribution < 1.29 is 19.8 Å². The molecule has 1 heterocycles. The first-order chi connectivity index (χ1) is 8.31. The number of hydrogen-bond acceptors (Lipinski definition) is 4. The van der Waals surface area contributed by atoms with Gasteiger partial charge in [-0.2, -0.15) is 0 Å².